The van der Waals surface area contributed by atoms with Gasteiger partial charge in [0, 0.05) is 39.8 Å². The Labute approximate surface area is 118 Å². The van der Waals surface area contributed by atoms with E-state index in [1.165, 1.54) is 6.26 Å². The molecule has 20 heavy (non-hydrogen) atoms. The van der Waals surface area contributed by atoms with E-state index in [0.29, 0.717) is 25.4 Å². The van der Waals surface area contributed by atoms with Crippen LogP contribution in [-0.4, -0.2) is 61.4 Å². The first-order valence-electron chi connectivity index (χ1n) is 6.65. The van der Waals surface area contributed by atoms with Crippen LogP contribution in [0.2, 0.25) is 0 Å². The largest absolute Gasteiger partial charge is 0.459 e. The minimum atomic E-state index is -0.0521. The number of furan rings is 1. The second-order valence-corrected chi connectivity index (χ2v) is 4.47. The zero-order valence-electron chi connectivity index (χ0n) is 11.7. The second kappa shape index (κ2) is 6.79. The third-order valence-electron chi connectivity index (χ3n) is 3.21. The number of hydrogen-bond donors (Lipinski definition) is 1. The number of amides is 1. The predicted octanol–water partition coefficient (Wildman–Crippen LogP) is 0.799. The Morgan fingerprint density at radius 2 is 2.15 bits per heavy atom. The van der Waals surface area contributed by atoms with E-state index in [1.807, 2.05) is 0 Å². The van der Waals surface area contributed by atoms with E-state index in [0.717, 1.165) is 19.0 Å². The smallest absolute Gasteiger partial charge is 0.289 e. The van der Waals surface area contributed by atoms with E-state index < -0.39 is 0 Å². The minimum Gasteiger partial charge on any atom is -0.459 e. The molecule has 0 saturated carbocycles. The summed E-state index contributed by atoms with van der Waals surface area (Å²) in [5.74, 6) is 1.19. The molecule has 0 atom stereocenters. The van der Waals surface area contributed by atoms with Crippen molar-refractivity contribution in [2.24, 2.45) is 4.99 Å². The molecule has 1 aliphatic heterocycles. The van der Waals surface area contributed by atoms with E-state index in [-0.39, 0.29) is 5.91 Å². The molecule has 1 N–H and O–H groups in total. The first-order valence-corrected chi connectivity index (χ1v) is 6.65. The molecule has 1 aromatic heterocycles. The summed E-state index contributed by atoms with van der Waals surface area (Å²) in [5.41, 5.74) is 0. The number of hydrogen-bond acceptors (Lipinski definition) is 3. The van der Waals surface area contributed by atoms with Crippen molar-refractivity contribution in [2.45, 2.75) is 0 Å². The number of aliphatic imine (C=N–C) groups is 1. The van der Waals surface area contributed by atoms with Crippen molar-refractivity contribution in [1.82, 2.24) is 15.1 Å². The molecule has 2 heterocycles. The minimum absolute atomic E-state index is 0.0521. The number of guanidine groups is 1. The fraction of sp³-hybridized carbons (Fsp3) is 0.429. The highest BCUT2D eigenvalue weighted by atomic mass is 16.3. The van der Waals surface area contributed by atoms with E-state index in [9.17, 15) is 4.79 Å². The summed E-state index contributed by atoms with van der Waals surface area (Å²) in [5, 5.41) is 3.20. The zero-order chi connectivity index (χ0) is 14.4. The molecular weight excluding hydrogens is 256 g/mol. The van der Waals surface area contributed by atoms with Gasteiger partial charge in [0.05, 0.1) is 6.26 Å². The third-order valence-corrected chi connectivity index (χ3v) is 3.21. The molecule has 1 aliphatic rings. The van der Waals surface area contributed by atoms with Gasteiger partial charge in [-0.25, -0.2) is 0 Å². The molecular formula is C14H20N4O2. The topological polar surface area (TPSA) is 61.1 Å². The van der Waals surface area contributed by atoms with Crippen LogP contribution in [0.1, 0.15) is 10.6 Å². The average molecular weight is 276 g/mol. The van der Waals surface area contributed by atoms with Crippen LogP contribution in [0, 0.1) is 0 Å². The normalized spacial score (nSPS) is 16.1. The summed E-state index contributed by atoms with van der Waals surface area (Å²) in [6.07, 6.45) is 3.31. The zero-order valence-corrected chi connectivity index (χ0v) is 11.7. The second-order valence-electron chi connectivity index (χ2n) is 4.47. The van der Waals surface area contributed by atoms with Crippen molar-refractivity contribution < 1.29 is 9.21 Å². The number of carbonyl (C=O) groups is 1. The van der Waals surface area contributed by atoms with Gasteiger partial charge in [-0.2, -0.15) is 0 Å². The summed E-state index contributed by atoms with van der Waals surface area (Å²) in [4.78, 5) is 20.3. The molecule has 1 fully saturated rings. The van der Waals surface area contributed by atoms with Crippen molar-refractivity contribution in [1.29, 1.82) is 0 Å². The maximum atomic E-state index is 12.1. The standard InChI is InChI=1S/C14H20N4O2/c1-3-6-16-14(15-2)18-9-7-17(8-10-18)13(19)12-5-4-11-20-12/h3-5,11H,1,6-10H2,2H3,(H,15,16). The first-order chi connectivity index (χ1) is 9.76. The Bertz CT molecular complexity index is 473. The molecule has 0 unspecified atom stereocenters. The van der Waals surface area contributed by atoms with Gasteiger partial charge in [0.15, 0.2) is 11.7 Å². The van der Waals surface area contributed by atoms with E-state index >= 15 is 0 Å². The SMILES string of the molecule is C=CCNC(=NC)N1CCN(C(=O)c2ccco2)CC1. The van der Waals surface area contributed by atoms with E-state index in [2.05, 4.69) is 21.8 Å². The van der Waals surface area contributed by atoms with Gasteiger partial charge in [-0.3, -0.25) is 9.79 Å². The van der Waals surface area contributed by atoms with Gasteiger partial charge in [-0.1, -0.05) is 6.08 Å². The maximum Gasteiger partial charge on any atom is 0.289 e. The van der Waals surface area contributed by atoms with Crippen molar-refractivity contribution in [3.05, 3.63) is 36.8 Å². The first kappa shape index (κ1) is 14.2. The Balaban J connectivity index is 1.88. The van der Waals surface area contributed by atoms with E-state index in [4.69, 9.17) is 4.42 Å². The van der Waals surface area contributed by atoms with Gasteiger partial charge in [-0.15, -0.1) is 6.58 Å². The molecule has 2 rings (SSSR count). The van der Waals surface area contributed by atoms with Gasteiger partial charge < -0.3 is 19.5 Å². The lowest BCUT2D eigenvalue weighted by molar-refractivity contribution is 0.0658. The number of nitrogens with one attached hydrogen (secondary N) is 1. The highest BCUT2D eigenvalue weighted by molar-refractivity contribution is 5.91. The molecule has 0 bridgehead atoms. The summed E-state index contributed by atoms with van der Waals surface area (Å²) >= 11 is 0. The van der Waals surface area contributed by atoms with Crippen LogP contribution in [0.5, 0.6) is 0 Å². The van der Waals surface area contributed by atoms with Gasteiger partial charge in [0.1, 0.15) is 0 Å². The van der Waals surface area contributed by atoms with Gasteiger partial charge >= 0.3 is 0 Å². The van der Waals surface area contributed by atoms with Crippen molar-refractivity contribution in [2.75, 3.05) is 39.8 Å². The van der Waals surface area contributed by atoms with Gasteiger partial charge in [-0.05, 0) is 12.1 Å². The fourth-order valence-corrected chi connectivity index (χ4v) is 2.17. The van der Waals surface area contributed by atoms with Gasteiger partial charge in [0.2, 0.25) is 0 Å². The Hall–Kier alpha value is -2.24. The molecule has 0 aliphatic carbocycles. The number of piperazine rings is 1. The molecule has 1 amide bonds. The van der Waals surface area contributed by atoms with Crippen LogP contribution in [0.4, 0.5) is 0 Å². The van der Waals surface area contributed by atoms with E-state index in [1.54, 1.807) is 30.2 Å². The van der Waals surface area contributed by atoms with Crippen LogP contribution in [0.3, 0.4) is 0 Å². The van der Waals surface area contributed by atoms with Crippen molar-refractivity contribution in [3.8, 4) is 0 Å². The van der Waals surface area contributed by atoms with Crippen molar-refractivity contribution in [3.63, 3.8) is 0 Å². The third kappa shape index (κ3) is 3.20. The van der Waals surface area contributed by atoms with Crippen molar-refractivity contribution >= 4 is 11.9 Å². The van der Waals surface area contributed by atoms with Crippen LogP contribution >= 0.6 is 0 Å². The molecule has 6 heteroatoms. The quantitative estimate of drug-likeness (QED) is 0.504. The summed E-state index contributed by atoms with van der Waals surface area (Å²) in [6, 6.07) is 3.42. The molecule has 0 aromatic carbocycles. The molecule has 1 saturated heterocycles. The maximum absolute atomic E-state index is 12.1. The monoisotopic (exact) mass is 276 g/mol. The highest BCUT2D eigenvalue weighted by Gasteiger charge is 2.24. The fourth-order valence-electron chi connectivity index (χ4n) is 2.17. The van der Waals surface area contributed by atoms with Crippen LogP contribution in [0.25, 0.3) is 0 Å². The van der Waals surface area contributed by atoms with Crippen LogP contribution < -0.4 is 5.32 Å². The summed E-state index contributed by atoms with van der Waals surface area (Å²) < 4.78 is 5.15. The number of carbonyl (C=O) groups excluding carboxylic acids is 1. The Morgan fingerprint density at radius 3 is 2.70 bits per heavy atom. The molecule has 108 valence electrons. The molecule has 0 radical (unpaired) electrons. The average Bonchev–Trinajstić information content (AvgIpc) is 3.02. The number of nitrogens with zero attached hydrogens (tertiary/aromatic N) is 3. The van der Waals surface area contributed by atoms with Crippen LogP contribution in [0.15, 0.2) is 40.5 Å². The lowest BCUT2D eigenvalue weighted by Crippen LogP contribution is -2.53. The van der Waals surface area contributed by atoms with Gasteiger partial charge in [0.25, 0.3) is 5.91 Å². The predicted molar refractivity (Wildman–Crippen MR) is 77.7 cm³/mol. The molecule has 6 nitrogen and oxygen atoms in total. The lowest BCUT2D eigenvalue weighted by Gasteiger charge is -2.36. The number of rotatable bonds is 3. The highest BCUT2D eigenvalue weighted by Crippen LogP contribution is 2.09. The molecule has 0 spiro atoms. The summed E-state index contributed by atoms with van der Waals surface area (Å²) in [7, 11) is 1.76. The van der Waals surface area contributed by atoms with Crippen LogP contribution in [-0.2, 0) is 0 Å². The lowest BCUT2D eigenvalue weighted by atomic mass is 10.3. The molecule has 1 aromatic rings. The summed E-state index contributed by atoms with van der Waals surface area (Å²) in [6.45, 7) is 7.18. The Kier molecular flexibility index (Phi) is 4.81. The Morgan fingerprint density at radius 1 is 1.45 bits per heavy atom.